The molecule has 1 unspecified atom stereocenters. The van der Waals surface area contributed by atoms with Gasteiger partial charge in [0.25, 0.3) is 0 Å². The lowest BCUT2D eigenvalue weighted by atomic mass is 9.98. The van der Waals surface area contributed by atoms with E-state index in [-0.39, 0.29) is 0 Å². The highest BCUT2D eigenvalue weighted by atomic mass is 16.5. The molecule has 0 saturated heterocycles. The van der Waals surface area contributed by atoms with Crippen molar-refractivity contribution in [3.8, 4) is 0 Å². The molecule has 0 aliphatic heterocycles. The van der Waals surface area contributed by atoms with E-state index in [4.69, 9.17) is 4.52 Å². The fourth-order valence-electron chi connectivity index (χ4n) is 2.34. The van der Waals surface area contributed by atoms with Crippen LogP contribution in [-0.4, -0.2) is 30.8 Å². The van der Waals surface area contributed by atoms with Crippen molar-refractivity contribution in [1.29, 1.82) is 0 Å². The van der Waals surface area contributed by atoms with Crippen LogP contribution in [-0.2, 0) is 17.8 Å². The summed E-state index contributed by atoms with van der Waals surface area (Å²) in [5, 5.41) is 12.7. The summed E-state index contributed by atoms with van der Waals surface area (Å²) in [5.41, 5.74) is 1.20. The molecule has 2 aromatic heterocycles. The third-order valence-corrected chi connectivity index (χ3v) is 3.44. The quantitative estimate of drug-likeness (QED) is 0.862. The van der Waals surface area contributed by atoms with Crippen LogP contribution in [0.4, 0.5) is 0 Å². The van der Waals surface area contributed by atoms with Gasteiger partial charge in [0.2, 0.25) is 5.89 Å². The Bertz CT molecular complexity index is 706. The number of rotatable bonds is 5. The fraction of sp³-hybridized carbons (Fsp3) is 0.462. The number of hydrogen-bond donors (Lipinski definition) is 1. The molecule has 0 radical (unpaired) electrons. The van der Waals surface area contributed by atoms with Crippen LogP contribution in [0.2, 0.25) is 0 Å². The van der Waals surface area contributed by atoms with Crippen LogP contribution >= 0.6 is 0 Å². The van der Waals surface area contributed by atoms with Gasteiger partial charge in [0.15, 0.2) is 6.33 Å². The highest BCUT2D eigenvalue weighted by Gasteiger charge is 2.22. The summed E-state index contributed by atoms with van der Waals surface area (Å²) in [7, 11) is 0. The van der Waals surface area contributed by atoms with E-state index < -0.39 is 17.6 Å². The molecular weight excluding hydrogens is 276 g/mol. The van der Waals surface area contributed by atoms with Gasteiger partial charge in [0.05, 0.1) is 5.92 Å². The second kappa shape index (κ2) is 5.86. The van der Waals surface area contributed by atoms with Crippen molar-refractivity contribution in [3.63, 3.8) is 0 Å². The second-order valence-electron chi connectivity index (χ2n) is 4.78. The predicted molar refractivity (Wildman–Crippen MR) is 72.0 cm³/mol. The zero-order valence-electron chi connectivity index (χ0n) is 12.0. The summed E-state index contributed by atoms with van der Waals surface area (Å²) < 4.78 is 6.32. The monoisotopic (exact) mass is 292 g/mol. The Labute approximate surface area is 120 Å². The molecule has 8 heteroatoms. The highest BCUT2D eigenvalue weighted by Crippen LogP contribution is 2.21. The third-order valence-electron chi connectivity index (χ3n) is 3.44. The largest absolute Gasteiger partial charge is 0.481 e. The molecule has 2 aromatic rings. The van der Waals surface area contributed by atoms with E-state index in [1.807, 2.05) is 0 Å². The molecule has 0 spiro atoms. The number of aliphatic carboxylic acids is 1. The van der Waals surface area contributed by atoms with Crippen molar-refractivity contribution < 1.29 is 14.4 Å². The summed E-state index contributed by atoms with van der Waals surface area (Å²) >= 11 is 0. The standard InChI is InChI=1S/C13H16N4O4/c1-7(12(18)19)11-8(2)16-13(20)17(9(11)3)5-4-10-14-6-15-21-10/h6-7H,4-5H2,1-3H3,(H,18,19). The Morgan fingerprint density at radius 2 is 2.19 bits per heavy atom. The van der Waals surface area contributed by atoms with Crippen LogP contribution in [0.15, 0.2) is 15.6 Å². The molecule has 0 aliphatic carbocycles. The van der Waals surface area contributed by atoms with Crippen LogP contribution in [0.3, 0.4) is 0 Å². The van der Waals surface area contributed by atoms with E-state index in [1.165, 1.54) is 10.9 Å². The molecule has 0 fully saturated rings. The van der Waals surface area contributed by atoms with Crippen molar-refractivity contribution in [2.24, 2.45) is 0 Å². The number of carboxylic acid groups (broad SMARTS) is 1. The molecule has 1 atom stereocenters. The Morgan fingerprint density at radius 1 is 1.48 bits per heavy atom. The number of carbonyl (C=O) groups is 1. The molecule has 0 bridgehead atoms. The van der Waals surface area contributed by atoms with Crippen molar-refractivity contribution in [3.05, 3.63) is 39.7 Å². The predicted octanol–water partition coefficient (Wildman–Crippen LogP) is 0.674. The minimum atomic E-state index is -0.954. The normalized spacial score (nSPS) is 12.3. The fourth-order valence-corrected chi connectivity index (χ4v) is 2.34. The van der Waals surface area contributed by atoms with Gasteiger partial charge in [-0.3, -0.25) is 9.36 Å². The Hall–Kier alpha value is -2.51. The van der Waals surface area contributed by atoms with E-state index in [0.29, 0.717) is 35.8 Å². The summed E-state index contributed by atoms with van der Waals surface area (Å²) in [6.07, 6.45) is 1.67. The average molecular weight is 292 g/mol. The molecule has 8 nitrogen and oxygen atoms in total. The molecule has 21 heavy (non-hydrogen) atoms. The number of aromatic nitrogens is 4. The molecule has 112 valence electrons. The van der Waals surface area contributed by atoms with Gasteiger partial charge in [0, 0.05) is 29.9 Å². The maximum atomic E-state index is 12.0. The Morgan fingerprint density at radius 3 is 2.76 bits per heavy atom. The van der Waals surface area contributed by atoms with Gasteiger partial charge < -0.3 is 9.63 Å². The van der Waals surface area contributed by atoms with Gasteiger partial charge in [-0.1, -0.05) is 5.16 Å². The third kappa shape index (κ3) is 2.99. The first kappa shape index (κ1) is 14.9. The van der Waals surface area contributed by atoms with Crippen LogP contribution in [0.5, 0.6) is 0 Å². The molecule has 0 aromatic carbocycles. The summed E-state index contributed by atoms with van der Waals surface area (Å²) in [6.45, 7) is 5.25. The minimum Gasteiger partial charge on any atom is -0.481 e. The van der Waals surface area contributed by atoms with Crippen LogP contribution in [0, 0.1) is 13.8 Å². The van der Waals surface area contributed by atoms with Crippen LogP contribution in [0.1, 0.15) is 35.7 Å². The van der Waals surface area contributed by atoms with Gasteiger partial charge in [-0.2, -0.15) is 9.97 Å². The van der Waals surface area contributed by atoms with E-state index >= 15 is 0 Å². The number of hydrogen-bond acceptors (Lipinski definition) is 6. The molecule has 0 aliphatic rings. The van der Waals surface area contributed by atoms with Gasteiger partial charge in [-0.25, -0.2) is 4.79 Å². The molecule has 1 N–H and O–H groups in total. The Kier molecular flexibility index (Phi) is 4.15. The van der Waals surface area contributed by atoms with Gasteiger partial charge in [0.1, 0.15) is 0 Å². The van der Waals surface area contributed by atoms with Gasteiger partial charge >= 0.3 is 11.7 Å². The highest BCUT2D eigenvalue weighted by molar-refractivity contribution is 5.76. The average Bonchev–Trinajstić information content (AvgIpc) is 2.90. The van der Waals surface area contributed by atoms with Crippen LogP contribution in [0.25, 0.3) is 0 Å². The van der Waals surface area contributed by atoms with E-state index in [1.54, 1.807) is 20.8 Å². The summed E-state index contributed by atoms with van der Waals surface area (Å²) in [6, 6.07) is 0. The molecular formula is C13H16N4O4. The van der Waals surface area contributed by atoms with Crippen molar-refractivity contribution in [2.75, 3.05) is 0 Å². The second-order valence-corrected chi connectivity index (χ2v) is 4.78. The van der Waals surface area contributed by atoms with Crippen molar-refractivity contribution >= 4 is 5.97 Å². The lowest BCUT2D eigenvalue weighted by Crippen LogP contribution is -2.30. The van der Waals surface area contributed by atoms with E-state index in [0.717, 1.165) is 0 Å². The zero-order chi connectivity index (χ0) is 15.6. The Balaban J connectivity index is 2.39. The van der Waals surface area contributed by atoms with Crippen molar-refractivity contribution in [1.82, 2.24) is 19.7 Å². The van der Waals surface area contributed by atoms with E-state index in [2.05, 4.69) is 15.1 Å². The molecule has 0 amide bonds. The maximum Gasteiger partial charge on any atom is 0.347 e. The topological polar surface area (TPSA) is 111 Å². The zero-order valence-corrected chi connectivity index (χ0v) is 12.0. The number of nitrogens with zero attached hydrogens (tertiary/aromatic N) is 4. The number of carboxylic acids is 1. The lowest BCUT2D eigenvalue weighted by molar-refractivity contribution is -0.138. The minimum absolute atomic E-state index is 0.305. The smallest absolute Gasteiger partial charge is 0.347 e. The molecule has 2 rings (SSSR count). The van der Waals surface area contributed by atoms with Crippen molar-refractivity contribution in [2.45, 2.75) is 39.7 Å². The van der Waals surface area contributed by atoms with Gasteiger partial charge in [-0.15, -0.1) is 0 Å². The van der Waals surface area contributed by atoms with Gasteiger partial charge in [-0.05, 0) is 20.8 Å². The summed E-state index contributed by atoms with van der Waals surface area (Å²) in [4.78, 5) is 31.0. The maximum absolute atomic E-state index is 12.0. The molecule has 0 saturated carbocycles. The first-order chi connectivity index (χ1) is 9.91. The van der Waals surface area contributed by atoms with Crippen LogP contribution < -0.4 is 5.69 Å². The lowest BCUT2D eigenvalue weighted by Gasteiger charge is -2.17. The first-order valence-electron chi connectivity index (χ1n) is 6.48. The molecule has 2 heterocycles. The number of aryl methyl sites for hydroxylation is 2. The van der Waals surface area contributed by atoms with E-state index in [9.17, 15) is 14.7 Å². The SMILES string of the molecule is Cc1nc(=O)n(CCc2ncno2)c(C)c1C(C)C(=O)O. The summed E-state index contributed by atoms with van der Waals surface area (Å²) in [5.74, 6) is -1.27. The first-order valence-corrected chi connectivity index (χ1v) is 6.48.